The molecule has 0 saturated heterocycles. The number of ether oxygens (including phenoxy) is 1. The Morgan fingerprint density at radius 1 is 1.15 bits per heavy atom. The summed E-state index contributed by atoms with van der Waals surface area (Å²) in [5, 5.41) is 3.54. The van der Waals surface area contributed by atoms with Crippen molar-refractivity contribution in [3.05, 3.63) is 41.0 Å². The molecule has 3 aromatic rings. The van der Waals surface area contributed by atoms with Gasteiger partial charge >= 0.3 is 5.97 Å². The molecule has 3 rings (SSSR count). The Hall–Kier alpha value is -2.93. The molecule has 0 fully saturated rings. The minimum absolute atomic E-state index is 0.141. The Bertz CT molecular complexity index is 1020. The van der Waals surface area contributed by atoms with Crippen LogP contribution in [-0.4, -0.2) is 33.9 Å². The number of rotatable bonds is 3. The zero-order valence-electron chi connectivity index (χ0n) is 15.4. The topological polar surface area (TPSA) is 97.0 Å². The molecule has 1 aromatic carbocycles. The molecule has 0 aliphatic carbocycles. The van der Waals surface area contributed by atoms with Gasteiger partial charge in [0.15, 0.2) is 0 Å². The van der Waals surface area contributed by atoms with Gasteiger partial charge in [-0.1, -0.05) is 44.5 Å². The maximum absolute atomic E-state index is 12.1. The molecule has 0 aliphatic rings. The average Bonchev–Trinajstić information content (AvgIpc) is 3.05. The number of nitrogens with one attached hydrogen (secondary N) is 2. The van der Waals surface area contributed by atoms with Crippen LogP contribution in [0.5, 0.6) is 0 Å². The number of esters is 1. The number of hydrogen-bond acceptors (Lipinski definition) is 5. The van der Waals surface area contributed by atoms with Crippen molar-refractivity contribution in [1.29, 1.82) is 0 Å². The fraction of sp³-hybridized carbons (Fsp3) is 0.263. The lowest BCUT2D eigenvalue weighted by molar-refractivity contribution is -0.123. The van der Waals surface area contributed by atoms with E-state index in [1.807, 2.05) is 6.07 Å². The molecule has 0 radical (unpaired) electrons. The second kappa shape index (κ2) is 7.00. The van der Waals surface area contributed by atoms with Gasteiger partial charge in [-0.2, -0.15) is 9.97 Å². The number of nitrogens with zero attached hydrogens (tertiary/aromatic N) is 2. The standard InChI is InChI=1S/C19H19ClN4O3/c1-19(2,3)17(26)24-18-22-14(20)12-9-13(21-15(12)23-18)10-5-7-11(8-6-10)16(25)27-4/h5-9H,1-4H3,(H2,21,22,23,24,26). The molecule has 140 valence electrons. The average molecular weight is 387 g/mol. The van der Waals surface area contributed by atoms with E-state index in [0.29, 0.717) is 16.6 Å². The molecule has 2 N–H and O–H groups in total. The van der Waals surface area contributed by atoms with E-state index in [9.17, 15) is 9.59 Å². The third-order valence-electron chi connectivity index (χ3n) is 3.96. The van der Waals surface area contributed by atoms with Crippen molar-refractivity contribution in [3.8, 4) is 11.3 Å². The predicted molar refractivity (Wildman–Crippen MR) is 104 cm³/mol. The van der Waals surface area contributed by atoms with Crippen molar-refractivity contribution in [1.82, 2.24) is 15.0 Å². The molecule has 0 spiro atoms. The highest BCUT2D eigenvalue weighted by atomic mass is 35.5. The number of aromatic nitrogens is 3. The first-order valence-electron chi connectivity index (χ1n) is 8.25. The SMILES string of the molecule is COC(=O)c1ccc(-c2cc3c(Cl)nc(NC(=O)C(C)(C)C)nc3[nH]2)cc1. The molecule has 8 heteroatoms. The summed E-state index contributed by atoms with van der Waals surface area (Å²) in [5.74, 6) is -0.462. The fourth-order valence-electron chi connectivity index (χ4n) is 2.38. The zero-order chi connectivity index (χ0) is 19.8. The molecule has 0 aliphatic heterocycles. The number of methoxy groups -OCH3 is 1. The number of hydrogen-bond donors (Lipinski definition) is 2. The number of benzene rings is 1. The summed E-state index contributed by atoms with van der Waals surface area (Å²) in [7, 11) is 1.34. The first-order chi connectivity index (χ1) is 12.7. The van der Waals surface area contributed by atoms with E-state index >= 15 is 0 Å². The van der Waals surface area contributed by atoms with E-state index in [4.69, 9.17) is 16.3 Å². The normalized spacial score (nSPS) is 11.4. The van der Waals surface area contributed by atoms with Crippen LogP contribution in [0.25, 0.3) is 22.3 Å². The van der Waals surface area contributed by atoms with Gasteiger partial charge in [-0.3, -0.25) is 10.1 Å². The molecular formula is C19H19ClN4O3. The van der Waals surface area contributed by atoms with Gasteiger partial charge in [0.05, 0.1) is 18.1 Å². The van der Waals surface area contributed by atoms with Crippen molar-refractivity contribution in [2.75, 3.05) is 12.4 Å². The Kier molecular flexibility index (Phi) is 4.89. The highest BCUT2D eigenvalue weighted by Crippen LogP contribution is 2.28. The lowest BCUT2D eigenvalue weighted by Crippen LogP contribution is -2.28. The van der Waals surface area contributed by atoms with Crippen LogP contribution >= 0.6 is 11.6 Å². The summed E-state index contributed by atoms with van der Waals surface area (Å²) in [6.45, 7) is 5.40. The number of fused-ring (bicyclic) bond motifs is 1. The summed E-state index contributed by atoms with van der Waals surface area (Å²) in [6, 6.07) is 8.76. The number of aromatic amines is 1. The minimum atomic E-state index is -0.576. The van der Waals surface area contributed by atoms with Gasteiger partial charge in [0.2, 0.25) is 11.9 Å². The maximum atomic E-state index is 12.1. The second-order valence-corrected chi connectivity index (χ2v) is 7.41. The Morgan fingerprint density at radius 3 is 2.41 bits per heavy atom. The van der Waals surface area contributed by atoms with Crippen LogP contribution in [0.15, 0.2) is 30.3 Å². The van der Waals surface area contributed by atoms with Crippen LogP contribution in [0.2, 0.25) is 5.15 Å². The second-order valence-electron chi connectivity index (χ2n) is 7.06. The number of carbonyl (C=O) groups is 2. The Balaban J connectivity index is 1.94. The molecule has 2 aromatic heterocycles. The van der Waals surface area contributed by atoms with E-state index < -0.39 is 11.4 Å². The number of amides is 1. The molecule has 0 atom stereocenters. The third-order valence-corrected chi connectivity index (χ3v) is 4.25. The number of halogens is 1. The molecular weight excluding hydrogens is 368 g/mol. The summed E-state index contributed by atoms with van der Waals surface area (Å²) < 4.78 is 4.70. The predicted octanol–water partition coefficient (Wildman–Crippen LogP) is 4.05. The molecule has 0 unspecified atom stereocenters. The van der Waals surface area contributed by atoms with E-state index in [2.05, 4.69) is 20.3 Å². The van der Waals surface area contributed by atoms with Gasteiger partial charge in [0, 0.05) is 11.1 Å². The molecule has 1 amide bonds. The smallest absolute Gasteiger partial charge is 0.337 e. The van der Waals surface area contributed by atoms with Gasteiger partial charge in [0.1, 0.15) is 10.8 Å². The lowest BCUT2D eigenvalue weighted by atomic mass is 9.96. The van der Waals surface area contributed by atoms with Gasteiger partial charge in [-0.15, -0.1) is 0 Å². The minimum Gasteiger partial charge on any atom is -0.465 e. The van der Waals surface area contributed by atoms with E-state index in [1.165, 1.54) is 7.11 Å². The van der Waals surface area contributed by atoms with Crippen molar-refractivity contribution >= 4 is 40.5 Å². The number of H-pyrrole nitrogens is 1. The van der Waals surface area contributed by atoms with Crippen LogP contribution in [0.4, 0.5) is 5.95 Å². The number of anilines is 1. The highest BCUT2D eigenvalue weighted by Gasteiger charge is 2.23. The molecule has 0 saturated carbocycles. The van der Waals surface area contributed by atoms with Crippen LogP contribution < -0.4 is 5.32 Å². The Labute approximate surface area is 161 Å². The summed E-state index contributed by atoms with van der Waals surface area (Å²) in [6.07, 6.45) is 0. The van der Waals surface area contributed by atoms with Crippen molar-refractivity contribution in [3.63, 3.8) is 0 Å². The van der Waals surface area contributed by atoms with E-state index in [-0.39, 0.29) is 17.0 Å². The van der Waals surface area contributed by atoms with Gasteiger partial charge in [-0.25, -0.2) is 4.79 Å². The molecule has 2 heterocycles. The first-order valence-corrected chi connectivity index (χ1v) is 8.63. The monoisotopic (exact) mass is 386 g/mol. The van der Waals surface area contributed by atoms with Gasteiger partial charge in [-0.05, 0) is 23.8 Å². The van der Waals surface area contributed by atoms with E-state index in [0.717, 1.165) is 11.3 Å². The first kappa shape index (κ1) is 18.8. The fourth-order valence-corrected chi connectivity index (χ4v) is 2.60. The number of carbonyl (C=O) groups excluding carboxylic acids is 2. The largest absolute Gasteiger partial charge is 0.465 e. The van der Waals surface area contributed by atoms with Crippen LogP contribution in [0, 0.1) is 5.41 Å². The quantitative estimate of drug-likeness (QED) is 0.522. The van der Waals surface area contributed by atoms with Gasteiger partial charge < -0.3 is 9.72 Å². The molecule has 27 heavy (non-hydrogen) atoms. The van der Waals surface area contributed by atoms with Crippen LogP contribution in [0.1, 0.15) is 31.1 Å². The van der Waals surface area contributed by atoms with Crippen LogP contribution in [0.3, 0.4) is 0 Å². The summed E-state index contributed by atoms with van der Waals surface area (Å²) in [5.41, 5.74) is 2.00. The van der Waals surface area contributed by atoms with Crippen LogP contribution in [-0.2, 0) is 9.53 Å². The third kappa shape index (κ3) is 3.93. The summed E-state index contributed by atoms with van der Waals surface area (Å²) >= 11 is 6.26. The molecule has 7 nitrogen and oxygen atoms in total. The summed E-state index contributed by atoms with van der Waals surface area (Å²) in [4.78, 5) is 35.3. The highest BCUT2D eigenvalue weighted by molar-refractivity contribution is 6.34. The zero-order valence-corrected chi connectivity index (χ0v) is 16.1. The molecule has 0 bridgehead atoms. The van der Waals surface area contributed by atoms with Crippen molar-refractivity contribution in [2.24, 2.45) is 5.41 Å². The maximum Gasteiger partial charge on any atom is 0.337 e. The van der Waals surface area contributed by atoms with E-state index in [1.54, 1.807) is 45.0 Å². The van der Waals surface area contributed by atoms with Gasteiger partial charge in [0.25, 0.3) is 0 Å². The van der Waals surface area contributed by atoms with Crippen molar-refractivity contribution in [2.45, 2.75) is 20.8 Å². The lowest BCUT2D eigenvalue weighted by Gasteiger charge is -2.16. The van der Waals surface area contributed by atoms with Crippen molar-refractivity contribution < 1.29 is 14.3 Å². The Morgan fingerprint density at radius 2 is 1.81 bits per heavy atom.